The van der Waals surface area contributed by atoms with Crippen molar-refractivity contribution in [2.75, 3.05) is 0 Å². The van der Waals surface area contributed by atoms with Gasteiger partial charge in [0.1, 0.15) is 0 Å². The summed E-state index contributed by atoms with van der Waals surface area (Å²) in [6.07, 6.45) is 0. The van der Waals surface area contributed by atoms with Crippen LogP contribution in [-0.2, 0) is 0 Å². The number of aromatic amines is 3. The van der Waals surface area contributed by atoms with E-state index in [1.807, 2.05) is 13.8 Å². The van der Waals surface area contributed by atoms with E-state index in [9.17, 15) is 9.59 Å². The molecular formula is C12H10N4O3S. The smallest absolute Gasteiger partial charge is 0.314 e. The highest BCUT2D eigenvalue weighted by Crippen LogP contribution is 2.30. The third-order valence-corrected chi connectivity index (χ3v) is 3.37. The Morgan fingerprint density at radius 2 is 1.90 bits per heavy atom. The molecule has 8 heteroatoms. The Labute approximate surface area is 116 Å². The first-order valence-corrected chi connectivity index (χ1v) is 6.20. The van der Waals surface area contributed by atoms with Crippen LogP contribution in [0.3, 0.4) is 0 Å². The van der Waals surface area contributed by atoms with Crippen LogP contribution in [0.25, 0.3) is 22.5 Å². The molecule has 0 spiro atoms. The van der Waals surface area contributed by atoms with Crippen LogP contribution in [0, 0.1) is 18.7 Å². The standard InChI is InChI=1S/C12H10N4O3S/c1-4-3-6-8(14-10(18)9(17)13-6)7(5(4)2)11-15-16-12(20)19-11/h3H,1-2H3,(H,13,17)(H,14,18)(H,16,20). The number of H-pyrrole nitrogens is 3. The van der Waals surface area contributed by atoms with Crippen LogP contribution in [0.1, 0.15) is 11.1 Å². The largest absolute Gasteiger partial charge is 0.409 e. The Morgan fingerprint density at radius 3 is 2.55 bits per heavy atom. The zero-order valence-corrected chi connectivity index (χ0v) is 11.5. The molecule has 2 heterocycles. The van der Waals surface area contributed by atoms with Gasteiger partial charge in [0.15, 0.2) is 0 Å². The van der Waals surface area contributed by atoms with E-state index < -0.39 is 11.1 Å². The lowest BCUT2D eigenvalue weighted by Crippen LogP contribution is -2.29. The Bertz CT molecular complexity index is 992. The maximum atomic E-state index is 11.5. The van der Waals surface area contributed by atoms with Gasteiger partial charge in [-0.3, -0.25) is 9.59 Å². The average molecular weight is 290 g/mol. The fourth-order valence-electron chi connectivity index (χ4n) is 2.10. The van der Waals surface area contributed by atoms with Gasteiger partial charge < -0.3 is 14.4 Å². The van der Waals surface area contributed by atoms with Gasteiger partial charge in [0, 0.05) is 0 Å². The SMILES string of the molecule is Cc1cc2[nH]c(=O)c(=O)[nH]c2c(-c2n[nH]c(=S)o2)c1C. The van der Waals surface area contributed by atoms with Crippen LogP contribution in [-0.4, -0.2) is 20.2 Å². The number of fused-ring (bicyclic) bond motifs is 1. The first-order valence-electron chi connectivity index (χ1n) is 5.80. The first kappa shape index (κ1) is 12.5. The molecule has 3 aromatic rings. The summed E-state index contributed by atoms with van der Waals surface area (Å²) < 4.78 is 5.32. The van der Waals surface area contributed by atoms with Crippen molar-refractivity contribution in [2.24, 2.45) is 0 Å². The fraction of sp³-hybridized carbons (Fsp3) is 0.167. The summed E-state index contributed by atoms with van der Waals surface area (Å²) in [4.78, 5) is 28.2. The summed E-state index contributed by atoms with van der Waals surface area (Å²) in [5.41, 5.74) is 1.95. The fourth-order valence-corrected chi connectivity index (χ4v) is 2.22. The minimum atomic E-state index is -0.726. The van der Waals surface area contributed by atoms with E-state index in [1.54, 1.807) is 6.07 Å². The van der Waals surface area contributed by atoms with Crippen molar-refractivity contribution < 1.29 is 4.42 Å². The third kappa shape index (κ3) is 1.81. The average Bonchev–Trinajstić information content (AvgIpc) is 2.80. The van der Waals surface area contributed by atoms with E-state index in [2.05, 4.69) is 20.2 Å². The summed E-state index contributed by atoms with van der Waals surface area (Å²) in [6, 6.07) is 1.78. The molecule has 0 atom stereocenters. The van der Waals surface area contributed by atoms with Crippen LogP contribution in [0.4, 0.5) is 0 Å². The lowest BCUT2D eigenvalue weighted by atomic mass is 10.0. The maximum Gasteiger partial charge on any atom is 0.314 e. The zero-order chi connectivity index (χ0) is 14.4. The molecule has 0 radical (unpaired) electrons. The Kier molecular flexibility index (Phi) is 2.68. The Balaban J connectivity index is 2.54. The van der Waals surface area contributed by atoms with Crippen molar-refractivity contribution in [1.29, 1.82) is 0 Å². The van der Waals surface area contributed by atoms with Gasteiger partial charge in [-0.05, 0) is 43.3 Å². The summed E-state index contributed by atoms with van der Waals surface area (Å²) >= 11 is 4.86. The molecule has 0 amide bonds. The monoisotopic (exact) mass is 290 g/mol. The van der Waals surface area contributed by atoms with Gasteiger partial charge in [0.25, 0.3) is 4.84 Å². The second-order valence-corrected chi connectivity index (χ2v) is 4.81. The first-order chi connectivity index (χ1) is 9.47. The Morgan fingerprint density at radius 1 is 1.20 bits per heavy atom. The van der Waals surface area contributed by atoms with Gasteiger partial charge in [0.2, 0.25) is 5.89 Å². The quantitative estimate of drug-likeness (QED) is 0.465. The summed E-state index contributed by atoms with van der Waals surface area (Å²) in [5, 5.41) is 6.52. The van der Waals surface area contributed by atoms with E-state index >= 15 is 0 Å². The molecule has 0 aliphatic heterocycles. The molecule has 7 nitrogen and oxygen atoms in total. The van der Waals surface area contributed by atoms with E-state index in [0.29, 0.717) is 16.6 Å². The topological polar surface area (TPSA) is 108 Å². The molecule has 20 heavy (non-hydrogen) atoms. The number of aromatic nitrogens is 4. The maximum absolute atomic E-state index is 11.5. The number of nitrogens with zero attached hydrogens (tertiary/aromatic N) is 1. The molecule has 3 rings (SSSR count). The number of hydrogen-bond acceptors (Lipinski definition) is 5. The molecule has 0 aliphatic carbocycles. The van der Waals surface area contributed by atoms with Crippen LogP contribution in [0.5, 0.6) is 0 Å². The molecule has 0 fully saturated rings. The van der Waals surface area contributed by atoms with Crippen molar-refractivity contribution >= 4 is 23.3 Å². The van der Waals surface area contributed by atoms with Crippen molar-refractivity contribution in [3.05, 3.63) is 42.7 Å². The van der Waals surface area contributed by atoms with Gasteiger partial charge >= 0.3 is 11.1 Å². The third-order valence-electron chi connectivity index (χ3n) is 3.19. The second kappa shape index (κ2) is 4.27. The minimum absolute atomic E-state index is 0.140. The van der Waals surface area contributed by atoms with E-state index in [0.717, 1.165) is 11.1 Å². The molecule has 1 aromatic carbocycles. The molecule has 0 saturated carbocycles. The molecule has 0 aliphatic rings. The summed E-state index contributed by atoms with van der Waals surface area (Å²) in [6.45, 7) is 3.77. The predicted molar refractivity (Wildman–Crippen MR) is 75.3 cm³/mol. The highest BCUT2D eigenvalue weighted by molar-refractivity contribution is 7.71. The summed E-state index contributed by atoms with van der Waals surface area (Å²) in [7, 11) is 0. The van der Waals surface area contributed by atoms with Crippen molar-refractivity contribution in [1.82, 2.24) is 20.2 Å². The lowest BCUT2D eigenvalue weighted by molar-refractivity contribution is 0.552. The highest BCUT2D eigenvalue weighted by Gasteiger charge is 2.16. The van der Waals surface area contributed by atoms with Crippen LogP contribution in [0.15, 0.2) is 20.1 Å². The van der Waals surface area contributed by atoms with Gasteiger partial charge in [0.05, 0.1) is 16.6 Å². The molecule has 0 unspecified atom stereocenters. The molecule has 3 N–H and O–H groups in total. The number of hydrogen-bond donors (Lipinski definition) is 3. The van der Waals surface area contributed by atoms with Crippen molar-refractivity contribution in [3.8, 4) is 11.5 Å². The van der Waals surface area contributed by atoms with Crippen molar-refractivity contribution in [3.63, 3.8) is 0 Å². The number of rotatable bonds is 1. The van der Waals surface area contributed by atoms with Gasteiger partial charge in [-0.2, -0.15) is 0 Å². The zero-order valence-electron chi connectivity index (χ0n) is 10.7. The molecule has 102 valence electrons. The van der Waals surface area contributed by atoms with E-state index in [1.165, 1.54) is 0 Å². The van der Waals surface area contributed by atoms with Gasteiger partial charge in [-0.1, -0.05) is 0 Å². The Hall–Kier alpha value is -2.48. The van der Waals surface area contributed by atoms with Crippen LogP contribution >= 0.6 is 12.2 Å². The number of benzene rings is 1. The normalized spacial score (nSPS) is 11.1. The molecular weight excluding hydrogens is 280 g/mol. The van der Waals surface area contributed by atoms with E-state index in [-0.39, 0.29) is 10.7 Å². The van der Waals surface area contributed by atoms with Crippen LogP contribution in [0.2, 0.25) is 0 Å². The lowest BCUT2D eigenvalue weighted by Gasteiger charge is -2.09. The van der Waals surface area contributed by atoms with Crippen LogP contribution < -0.4 is 11.1 Å². The van der Waals surface area contributed by atoms with Crippen molar-refractivity contribution in [2.45, 2.75) is 13.8 Å². The molecule has 0 saturated heterocycles. The highest BCUT2D eigenvalue weighted by atomic mass is 32.1. The number of aryl methyl sites for hydroxylation is 1. The second-order valence-electron chi connectivity index (χ2n) is 4.44. The number of nitrogens with one attached hydrogen (secondary N) is 3. The summed E-state index contributed by atoms with van der Waals surface area (Å²) in [5.74, 6) is 0.267. The van der Waals surface area contributed by atoms with Gasteiger partial charge in [-0.15, -0.1) is 5.10 Å². The minimum Gasteiger partial charge on any atom is -0.409 e. The van der Waals surface area contributed by atoms with Gasteiger partial charge in [-0.25, -0.2) is 5.10 Å². The predicted octanol–water partition coefficient (Wildman–Crippen LogP) is 1.55. The molecule has 0 bridgehead atoms. The molecule has 2 aromatic heterocycles. The van der Waals surface area contributed by atoms with E-state index in [4.69, 9.17) is 16.6 Å².